The summed E-state index contributed by atoms with van der Waals surface area (Å²) in [4.78, 5) is 35.9. The normalized spacial score (nSPS) is 14.6. The van der Waals surface area contributed by atoms with Gasteiger partial charge in [-0.3, -0.25) is 9.59 Å². The lowest BCUT2D eigenvalue weighted by atomic mass is 9.86. The summed E-state index contributed by atoms with van der Waals surface area (Å²) in [6.45, 7) is 14.0. The molecule has 0 fully saturated rings. The van der Waals surface area contributed by atoms with Crippen LogP contribution in [-0.2, 0) is 36.1 Å². The number of benzene rings is 2. The minimum Gasteiger partial charge on any atom is -0.340 e. The van der Waals surface area contributed by atoms with E-state index in [2.05, 4.69) is 43.7 Å². The van der Waals surface area contributed by atoms with Crippen molar-refractivity contribution >= 4 is 23.2 Å². The summed E-state index contributed by atoms with van der Waals surface area (Å²) in [7, 11) is 0. The minimum atomic E-state index is -4.39. The van der Waals surface area contributed by atoms with E-state index in [0.29, 0.717) is 42.4 Å². The number of rotatable bonds is 17. The number of aromatic nitrogens is 2. The molecule has 4 rings (SSSR count). The van der Waals surface area contributed by atoms with Gasteiger partial charge in [-0.05, 0) is 98.0 Å². The van der Waals surface area contributed by atoms with E-state index in [4.69, 9.17) is 0 Å². The Morgan fingerprint density at radius 1 is 1.00 bits per heavy atom. The lowest BCUT2D eigenvalue weighted by molar-refractivity contribution is -0.137. The highest BCUT2D eigenvalue weighted by Crippen LogP contribution is 2.34. The fraction of sp³-hybridized carbons (Fsp3) is 0.513. The molecule has 1 aromatic heterocycles. The molecule has 3 aromatic rings. The summed E-state index contributed by atoms with van der Waals surface area (Å²) in [5, 5.41) is 0.490. The van der Waals surface area contributed by atoms with E-state index >= 15 is 0 Å². The second kappa shape index (κ2) is 18.2. The molecular formula is C39H50F4N4O2S. The number of thioether (sulfide) groups is 1. The predicted octanol–water partition coefficient (Wildman–Crippen LogP) is 8.51. The number of carbonyl (C=O) groups is 1. The molecule has 2 unspecified atom stereocenters. The van der Waals surface area contributed by atoms with Crippen LogP contribution < -0.4 is 5.56 Å². The molecule has 272 valence electrons. The molecule has 0 spiro atoms. The number of halogens is 4. The van der Waals surface area contributed by atoms with Gasteiger partial charge in [-0.25, -0.2) is 4.39 Å². The zero-order valence-corrected chi connectivity index (χ0v) is 30.7. The number of amides is 1. The fourth-order valence-electron chi connectivity index (χ4n) is 6.80. The van der Waals surface area contributed by atoms with Crippen LogP contribution in [0.5, 0.6) is 0 Å². The molecule has 2 atom stereocenters. The lowest BCUT2D eigenvalue weighted by Gasteiger charge is -2.31. The number of nitrogens with zero attached hydrogens (tertiary/aromatic N) is 4. The first-order chi connectivity index (χ1) is 23.8. The number of carbonyl (C=O) groups excluding carboxylic acids is 1. The number of likely N-dealkylation sites (N-methyl/N-ethyl adjacent to an activating group) is 1. The van der Waals surface area contributed by atoms with Crippen LogP contribution in [0, 0.1) is 17.7 Å². The van der Waals surface area contributed by atoms with Gasteiger partial charge >= 0.3 is 6.18 Å². The molecule has 1 amide bonds. The molecular weight excluding hydrogens is 665 g/mol. The van der Waals surface area contributed by atoms with E-state index in [9.17, 15) is 27.2 Å². The minimum absolute atomic E-state index is 0.0492. The maximum absolute atomic E-state index is 14.3. The third kappa shape index (κ3) is 10.5. The van der Waals surface area contributed by atoms with Crippen LogP contribution in [0.4, 0.5) is 17.6 Å². The Labute approximate surface area is 298 Å². The molecule has 1 aliphatic rings. The number of allylic oxidation sites excluding steroid dienone is 2. The van der Waals surface area contributed by atoms with Gasteiger partial charge in [0.15, 0.2) is 5.16 Å². The monoisotopic (exact) mass is 714 g/mol. The molecule has 1 heterocycles. The maximum atomic E-state index is 14.3. The SMILES string of the molecule is CCC=C(c1ccc(C(F)(F)F)cc1)C(C)CC(C)CN(CCN(CC)CC)C(=O)Cn1c(SCc2ccc(F)cc2)nc(=O)c2c1CCC2. The molecule has 0 saturated carbocycles. The largest absolute Gasteiger partial charge is 0.416 e. The fourth-order valence-corrected chi connectivity index (χ4v) is 7.77. The third-order valence-corrected chi connectivity index (χ3v) is 10.5. The Morgan fingerprint density at radius 2 is 1.68 bits per heavy atom. The summed E-state index contributed by atoms with van der Waals surface area (Å²) < 4.78 is 55.1. The summed E-state index contributed by atoms with van der Waals surface area (Å²) in [5.74, 6) is 0.273. The lowest BCUT2D eigenvalue weighted by Crippen LogP contribution is -2.43. The quantitative estimate of drug-likeness (QED) is 0.0798. The van der Waals surface area contributed by atoms with Crippen LogP contribution in [-0.4, -0.2) is 58.0 Å². The van der Waals surface area contributed by atoms with Gasteiger partial charge in [0.25, 0.3) is 5.56 Å². The van der Waals surface area contributed by atoms with E-state index in [1.807, 2.05) is 16.4 Å². The molecule has 0 aliphatic heterocycles. The summed E-state index contributed by atoms with van der Waals surface area (Å²) in [5.41, 5.74) is 3.32. The highest BCUT2D eigenvalue weighted by Gasteiger charge is 2.30. The van der Waals surface area contributed by atoms with Gasteiger partial charge in [0.05, 0.1) is 5.56 Å². The maximum Gasteiger partial charge on any atom is 0.416 e. The van der Waals surface area contributed by atoms with Crippen molar-refractivity contribution in [2.75, 3.05) is 32.7 Å². The van der Waals surface area contributed by atoms with Crippen LogP contribution >= 0.6 is 11.8 Å². The Kier molecular flexibility index (Phi) is 14.3. The van der Waals surface area contributed by atoms with Crippen LogP contribution in [0.2, 0.25) is 0 Å². The first kappa shape index (κ1) is 39.3. The van der Waals surface area contributed by atoms with Crippen molar-refractivity contribution in [1.82, 2.24) is 19.4 Å². The number of fused-ring (bicyclic) bond motifs is 1. The van der Waals surface area contributed by atoms with Crippen molar-refractivity contribution in [3.63, 3.8) is 0 Å². The number of hydrogen-bond donors (Lipinski definition) is 0. The van der Waals surface area contributed by atoms with Gasteiger partial charge in [0, 0.05) is 36.6 Å². The summed E-state index contributed by atoms with van der Waals surface area (Å²) in [6, 6.07) is 11.6. The summed E-state index contributed by atoms with van der Waals surface area (Å²) in [6.07, 6.45) is 1.37. The molecule has 2 aromatic carbocycles. The second-order valence-electron chi connectivity index (χ2n) is 13.2. The number of alkyl halides is 3. The average Bonchev–Trinajstić information content (AvgIpc) is 3.59. The Balaban J connectivity index is 1.55. The molecule has 0 radical (unpaired) electrons. The van der Waals surface area contributed by atoms with Crippen LogP contribution in [0.15, 0.2) is 64.6 Å². The van der Waals surface area contributed by atoms with Crippen molar-refractivity contribution in [3.8, 4) is 0 Å². The van der Waals surface area contributed by atoms with Crippen LogP contribution in [0.25, 0.3) is 5.57 Å². The van der Waals surface area contributed by atoms with Crippen molar-refractivity contribution in [2.24, 2.45) is 11.8 Å². The van der Waals surface area contributed by atoms with Crippen molar-refractivity contribution in [3.05, 3.63) is 98.7 Å². The van der Waals surface area contributed by atoms with Gasteiger partial charge in [0.2, 0.25) is 5.91 Å². The van der Waals surface area contributed by atoms with E-state index in [1.54, 1.807) is 24.3 Å². The van der Waals surface area contributed by atoms with Gasteiger partial charge in [-0.2, -0.15) is 18.2 Å². The van der Waals surface area contributed by atoms with Crippen molar-refractivity contribution in [1.29, 1.82) is 0 Å². The van der Waals surface area contributed by atoms with Gasteiger partial charge < -0.3 is 14.4 Å². The Morgan fingerprint density at radius 3 is 2.30 bits per heavy atom. The molecule has 6 nitrogen and oxygen atoms in total. The van der Waals surface area contributed by atoms with Gasteiger partial charge in [-0.1, -0.05) is 76.7 Å². The van der Waals surface area contributed by atoms with E-state index in [-0.39, 0.29) is 35.7 Å². The molecule has 0 bridgehead atoms. The topological polar surface area (TPSA) is 58.4 Å². The Bertz CT molecular complexity index is 1650. The van der Waals surface area contributed by atoms with Crippen molar-refractivity contribution < 1.29 is 22.4 Å². The second-order valence-corrected chi connectivity index (χ2v) is 14.2. The molecule has 1 aliphatic carbocycles. The molecule has 50 heavy (non-hydrogen) atoms. The van der Waals surface area contributed by atoms with E-state index in [1.165, 1.54) is 23.9 Å². The zero-order valence-electron chi connectivity index (χ0n) is 29.9. The van der Waals surface area contributed by atoms with E-state index < -0.39 is 11.7 Å². The first-order valence-electron chi connectivity index (χ1n) is 17.7. The Hall–Kier alpha value is -3.44. The highest BCUT2D eigenvalue weighted by atomic mass is 32.2. The van der Waals surface area contributed by atoms with Crippen LogP contribution in [0.1, 0.15) is 81.8 Å². The predicted molar refractivity (Wildman–Crippen MR) is 194 cm³/mol. The van der Waals surface area contributed by atoms with Gasteiger partial charge in [0.1, 0.15) is 12.4 Å². The third-order valence-electron chi connectivity index (χ3n) is 9.50. The smallest absolute Gasteiger partial charge is 0.340 e. The first-order valence-corrected chi connectivity index (χ1v) is 18.7. The van der Waals surface area contributed by atoms with Crippen molar-refractivity contribution in [2.45, 2.75) is 90.4 Å². The molecule has 11 heteroatoms. The van der Waals surface area contributed by atoms with Gasteiger partial charge in [-0.15, -0.1) is 0 Å². The standard InChI is InChI=1S/C39H50F4N4O2S/c1-6-10-33(30-15-17-31(18-16-30)39(41,42)43)28(5)23-27(4)24-46(22-21-45(7-2)8-3)36(48)25-47-35-12-9-11-34(35)37(49)44-38(47)50-26-29-13-19-32(40)20-14-29/h10,13-20,27-28H,6-9,11-12,21-26H2,1-5H3. The summed E-state index contributed by atoms with van der Waals surface area (Å²) >= 11 is 1.38. The highest BCUT2D eigenvalue weighted by molar-refractivity contribution is 7.98. The zero-order chi connectivity index (χ0) is 36.4. The van der Waals surface area contributed by atoms with E-state index in [0.717, 1.165) is 73.4 Å². The number of hydrogen-bond acceptors (Lipinski definition) is 5. The molecule has 0 N–H and O–H groups in total. The average molecular weight is 715 g/mol. The van der Waals surface area contributed by atoms with Crippen LogP contribution in [0.3, 0.4) is 0 Å². The molecule has 0 saturated heterocycles.